The first kappa shape index (κ1) is 12.4. The lowest BCUT2D eigenvalue weighted by atomic mass is 10.2. The maximum absolute atomic E-state index is 4.20. The standard InChI is InChI=1S/C13H19N3/c1-4-9-16(12(2)14-3)10-7-13-6-5-8-15-11-13/h4-6,8-9,11H,7,10H2,1-3H3. The quantitative estimate of drug-likeness (QED) is 0.572. The van der Waals surface area contributed by atoms with Gasteiger partial charge in [-0.2, -0.15) is 0 Å². The van der Waals surface area contributed by atoms with E-state index in [4.69, 9.17) is 0 Å². The van der Waals surface area contributed by atoms with Crippen LogP contribution >= 0.6 is 0 Å². The van der Waals surface area contributed by atoms with E-state index < -0.39 is 0 Å². The van der Waals surface area contributed by atoms with E-state index in [2.05, 4.69) is 27.1 Å². The van der Waals surface area contributed by atoms with Gasteiger partial charge in [-0.25, -0.2) is 0 Å². The lowest BCUT2D eigenvalue weighted by Gasteiger charge is -2.19. The summed E-state index contributed by atoms with van der Waals surface area (Å²) in [5.74, 6) is 1.03. The summed E-state index contributed by atoms with van der Waals surface area (Å²) in [7, 11) is 1.82. The van der Waals surface area contributed by atoms with Crippen molar-refractivity contribution in [1.82, 2.24) is 9.88 Å². The SMILES string of the molecule is CC=CN(CCc1cccnc1)C(C)=NC. The van der Waals surface area contributed by atoms with Crippen LogP contribution < -0.4 is 0 Å². The van der Waals surface area contributed by atoms with Gasteiger partial charge in [0.05, 0.1) is 5.84 Å². The third-order valence-electron chi connectivity index (χ3n) is 2.43. The van der Waals surface area contributed by atoms with E-state index in [9.17, 15) is 0 Å². The molecule has 0 fully saturated rings. The van der Waals surface area contributed by atoms with E-state index in [0.717, 1.165) is 18.8 Å². The van der Waals surface area contributed by atoms with Crippen molar-refractivity contribution in [1.29, 1.82) is 0 Å². The summed E-state index contributed by atoms with van der Waals surface area (Å²) in [4.78, 5) is 10.4. The highest BCUT2D eigenvalue weighted by molar-refractivity contribution is 5.80. The molecule has 3 nitrogen and oxygen atoms in total. The fourth-order valence-electron chi connectivity index (χ4n) is 1.45. The lowest BCUT2D eigenvalue weighted by Crippen LogP contribution is -2.25. The Balaban J connectivity index is 2.57. The zero-order chi connectivity index (χ0) is 11.8. The summed E-state index contributed by atoms with van der Waals surface area (Å²) >= 11 is 0. The number of amidine groups is 1. The zero-order valence-corrected chi connectivity index (χ0v) is 10.2. The number of rotatable bonds is 4. The fraction of sp³-hybridized carbons (Fsp3) is 0.385. The Hall–Kier alpha value is -1.64. The molecule has 0 radical (unpaired) electrons. The summed E-state index contributed by atoms with van der Waals surface area (Å²) in [6, 6.07) is 4.06. The maximum atomic E-state index is 4.20. The van der Waals surface area contributed by atoms with Gasteiger partial charge in [0.1, 0.15) is 0 Å². The van der Waals surface area contributed by atoms with Crippen LogP contribution in [0.2, 0.25) is 0 Å². The highest BCUT2D eigenvalue weighted by atomic mass is 15.2. The number of aromatic nitrogens is 1. The minimum atomic E-state index is 0.930. The van der Waals surface area contributed by atoms with Crippen molar-refractivity contribution in [2.45, 2.75) is 20.3 Å². The van der Waals surface area contributed by atoms with Crippen molar-refractivity contribution in [2.24, 2.45) is 4.99 Å². The van der Waals surface area contributed by atoms with Gasteiger partial charge in [0.15, 0.2) is 0 Å². The van der Waals surface area contributed by atoms with Gasteiger partial charge in [0, 0.05) is 32.2 Å². The molecule has 16 heavy (non-hydrogen) atoms. The fourth-order valence-corrected chi connectivity index (χ4v) is 1.45. The van der Waals surface area contributed by atoms with Crippen LogP contribution in [-0.4, -0.2) is 29.3 Å². The minimum absolute atomic E-state index is 0.930. The van der Waals surface area contributed by atoms with Crippen LogP contribution in [0, 0.1) is 0 Å². The molecule has 0 saturated carbocycles. The molecule has 0 saturated heterocycles. The summed E-state index contributed by atoms with van der Waals surface area (Å²) in [6.45, 7) is 4.96. The largest absolute Gasteiger partial charge is 0.337 e. The maximum Gasteiger partial charge on any atom is 0.0993 e. The molecule has 0 amide bonds. The van der Waals surface area contributed by atoms with Crippen LogP contribution in [0.25, 0.3) is 0 Å². The van der Waals surface area contributed by atoms with Gasteiger partial charge in [-0.05, 0) is 31.9 Å². The number of hydrogen-bond acceptors (Lipinski definition) is 2. The van der Waals surface area contributed by atoms with E-state index in [1.807, 2.05) is 39.2 Å². The van der Waals surface area contributed by atoms with Crippen molar-refractivity contribution < 1.29 is 0 Å². The minimum Gasteiger partial charge on any atom is -0.337 e. The third-order valence-corrected chi connectivity index (χ3v) is 2.43. The average molecular weight is 217 g/mol. The summed E-state index contributed by atoms with van der Waals surface area (Å²) in [6.07, 6.45) is 8.76. The molecule has 3 heteroatoms. The molecule has 86 valence electrons. The van der Waals surface area contributed by atoms with E-state index >= 15 is 0 Å². The summed E-state index contributed by atoms with van der Waals surface area (Å²) in [5.41, 5.74) is 1.25. The molecule has 0 aliphatic heterocycles. The summed E-state index contributed by atoms with van der Waals surface area (Å²) in [5, 5.41) is 0. The van der Waals surface area contributed by atoms with Gasteiger partial charge in [-0.15, -0.1) is 0 Å². The topological polar surface area (TPSA) is 28.5 Å². The third kappa shape index (κ3) is 3.85. The Morgan fingerprint density at radius 2 is 2.38 bits per heavy atom. The highest BCUT2D eigenvalue weighted by Crippen LogP contribution is 2.01. The average Bonchev–Trinajstić information content (AvgIpc) is 2.34. The molecule has 0 unspecified atom stereocenters. The molecular weight excluding hydrogens is 198 g/mol. The molecule has 1 aromatic heterocycles. The van der Waals surface area contributed by atoms with Crippen molar-refractivity contribution in [3.05, 3.63) is 42.4 Å². The van der Waals surface area contributed by atoms with E-state index in [-0.39, 0.29) is 0 Å². The molecule has 0 atom stereocenters. The number of hydrogen-bond donors (Lipinski definition) is 0. The van der Waals surface area contributed by atoms with Gasteiger partial charge < -0.3 is 4.90 Å². The van der Waals surface area contributed by atoms with Gasteiger partial charge in [-0.1, -0.05) is 12.1 Å². The Morgan fingerprint density at radius 1 is 1.56 bits per heavy atom. The van der Waals surface area contributed by atoms with Crippen LogP contribution in [0.3, 0.4) is 0 Å². The first-order valence-electron chi connectivity index (χ1n) is 5.49. The van der Waals surface area contributed by atoms with Crippen LogP contribution in [0.5, 0.6) is 0 Å². The van der Waals surface area contributed by atoms with Gasteiger partial charge >= 0.3 is 0 Å². The first-order chi connectivity index (χ1) is 7.77. The number of allylic oxidation sites excluding steroid dienone is 1. The van der Waals surface area contributed by atoms with E-state index in [1.54, 1.807) is 6.20 Å². The van der Waals surface area contributed by atoms with Gasteiger partial charge in [0.25, 0.3) is 0 Å². The number of pyridine rings is 1. The molecule has 0 spiro atoms. The predicted octanol–water partition coefficient (Wildman–Crippen LogP) is 2.51. The van der Waals surface area contributed by atoms with Gasteiger partial charge in [-0.3, -0.25) is 9.98 Å². The van der Waals surface area contributed by atoms with Crippen LogP contribution in [0.15, 0.2) is 41.8 Å². The molecule has 1 rings (SSSR count). The van der Waals surface area contributed by atoms with Crippen molar-refractivity contribution in [2.75, 3.05) is 13.6 Å². The van der Waals surface area contributed by atoms with E-state index in [0.29, 0.717) is 0 Å². The second-order valence-electron chi connectivity index (χ2n) is 3.56. The molecule has 1 aromatic rings. The second-order valence-corrected chi connectivity index (χ2v) is 3.56. The monoisotopic (exact) mass is 217 g/mol. The highest BCUT2D eigenvalue weighted by Gasteiger charge is 2.02. The smallest absolute Gasteiger partial charge is 0.0993 e. The van der Waals surface area contributed by atoms with Crippen molar-refractivity contribution >= 4 is 5.84 Å². The number of aliphatic imine (C=N–C) groups is 1. The van der Waals surface area contributed by atoms with Crippen molar-refractivity contribution in [3.63, 3.8) is 0 Å². The van der Waals surface area contributed by atoms with Gasteiger partial charge in [0.2, 0.25) is 0 Å². The van der Waals surface area contributed by atoms with Crippen LogP contribution in [-0.2, 0) is 6.42 Å². The molecule has 0 aliphatic carbocycles. The molecule has 0 aliphatic rings. The molecule has 0 aromatic carbocycles. The Bertz CT molecular complexity index is 355. The molecule has 0 N–H and O–H groups in total. The first-order valence-corrected chi connectivity index (χ1v) is 5.49. The predicted molar refractivity (Wildman–Crippen MR) is 68.5 cm³/mol. The van der Waals surface area contributed by atoms with Crippen molar-refractivity contribution in [3.8, 4) is 0 Å². The molecule has 0 bridgehead atoms. The lowest BCUT2D eigenvalue weighted by molar-refractivity contribution is 0.552. The number of nitrogens with zero attached hydrogens (tertiary/aromatic N) is 3. The Labute approximate surface area is 97.5 Å². The Kier molecular flexibility index (Phi) is 5.26. The van der Waals surface area contributed by atoms with Crippen LogP contribution in [0.4, 0.5) is 0 Å². The van der Waals surface area contributed by atoms with E-state index in [1.165, 1.54) is 5.56 Å². The normalized spacial score (nSPS) is 12.1. The zero-order valence-electron chi connectivity index (χ0n) is 10.2. The molecule has 1 heterocycles. The van der Waals surface area contributed by atoms with Crippen LogP contribution in [0.1, 0.15) is 19.4 Å². The molecular formula is C13H19N3. The Morgan fingerprint density at radius 3 is 2.94 bits per heavy atom. The second kappa shape index (κ2) is 6.77. The summed E-state index contributed by atoms with van der Waals surface area (Å²) < 4.78 is 0.